The highest BCUT2D eigenvalue weighted by Crippen LogP contribution is 2.07. The van der Waals surface area contributed by atoms with Crippen molar-refractivity contribution in [2.75, 3.05) is 111 Å². The van der Waals surface area contributed by atoms with Crippen molar-refractivity contribution in [3.05, 3.63) is 24.0 Å². The third kappa shape index (κ3) is 14.3. The topological polar surface area (TPSA) is 199 Å². The van der Waals surface area contributed by atoms with Crippen molar-refractivity contribution in [3.63, 3.8) is 0 Å². The second-order valence-electron chi connectivity index (χ2n) is 10.3. The second kappa shape index (κ2) is 18.0. The van der Waals surface area contributed by atoms with Crippen LogP contribution in [0.3, 0.4) is 0 Å². The molecule has 1 aromatic rings. The minimum absolute atomic E-state index is 0.0419. The van der Waals surface area contributed by atoms with E-state index in [2.05, 4.69) is 15.6 Å². The van der Waals surface area contributed by atoms with Crippen LogP contribution >= 0.6 is 0 Å². The first-order valence-corrected chi connectivity index (χ1v) is 13.6. The first-order valence-electron chi connectivity index (χ1n) is 13.6. The van der Waals surface area contributed by atoms with E-state index in [0.717, 1.165) is 0 Å². The van der Waals surface area contributed by atoms with Gasteiger partial charge in [0.1, 0.15) is 5.69 Å². The molecule has 0 radical (unpaired) electrons. The highest BCUT2D eigenvalue weighted by Gasteiger charge is 2.21. The number of anilines is 1. The largest absolute Gasteiger partial charge is 0.480 e. The zero-order valence-corrected chi connectivity index (χ0v) is 24.2. The number of nitrogens with zero attached hydrogens (tertiary/aromatic N) is 6. The van der Waals surface area contributed by atoms with Crippen LogP contribution in [0.4, 0.5) is 5.69 Å². The Morgan fingerprint density at radius 1 is 0.738 bits per heavy atom. The average Bonchev–Trinajstić information content (AvgIpc) is 2.89. The Morgan fingerprint density at radius 2 is 1.17 bits per heavy atom. The molecule has 5 N–H and O–H groups in total. The summed E-state index contributed by atoms with van der Waals surface area (Å²) in [6.45, 7) is 2.79. The Hall–Kier alpha value is -3.70. The fraction of sp³-hybridized carbons (Fsp3) is 0.615. The summed E-state index contributed by atoms with van der Waals surface area (Å²) < 4.78 is 0. The summed E-state index contributed by atoms with van der Waals surface area (Å²) in [5, 5.41) is 33.5. The first-order chi connectivity index (χ1) is 19.9. The van der Waals surface area contributed by atoms with Gasteiger partial charge >= 0.3 is 17.9 Å². The predicted octanol–water partition coefficient (Wildman–Crippen LogP) is -2.21. The number of aliphatic carboxylic acids is 3. The monoisotopic (exact) mass is 594 g/mol. The molecule has 0 aromatic carbocycles. The maximum absolute atomic E-state index is 12.9. The summed E-state index contributed by atoms with van der Waals surface area (Å²) in [7, 11) is 3.80. The molecule has 0 saturated carbocycles. The molecule has 1 aliphatic heterocycles. The highest BCUT2D eigenvalue weighted by atomic mass is 16.4. The van der Waals surface area contributed by atoms with Crippen LogP contribution in [0.25, 0.3) is 0 Å². The Labute approximate surface area is 244 Å². The van der Waals surface area contributed by atoms with Crippen LogP contribution < -0.4 is 10.6 Å². The van der Waals surface area contributed by atoms with E-state index in [1.807, 2.05) is 23.9 Å². The average molecular weight is 595 g/mol. The normalized spacial score (nSPS) is 16.7. The van der Waals surface area contributed by atoms with Gasteiger partial charge in [-0.2, -0.15) is 0 Å². The molecule has 1 aliphatic rings. The van der Waals surface area contributed by atoms with Crippen LogP contribution in [-0.4, -0.2) is 180 Å². The van der Waals surface area contributed by atoms with Crippen molar-refractivity contribution in [1.82, 2.24) is 34.8 Å². The summed E-state index contributed by atoms with van der Waals surface area (Å²) in [5.74, 6) is -3.74. The van der Waals surface area contributed by atoms with Crippen LogP contribution in [-0.2, 0) is 19.2 Å². The summed E-state index contributed by atoms with van der Waals surface area (Å²) in [4.78, 5) is 72.2. The van der Waals surface area contributed by atoms with Gasteiger partial charge in [-0.3, -0.25) is 43.6 Å². The molecule has 0 unspecified atom stereocenters. The van der Waals surface area contributed by atoms with Crippen LogP contribution in [0.5, 0.6) is 0 Å². The summed E-state index contributed by atoms with van der Waals surface area (Å²) in [6.07, 6.45) is 1.39. The number of carboxylic acid groups (broad SMARTS) is 3. The van der Waals surface area contributed by atoms with Gasteiger partial charge in [0.05, 0.1) is 38.1 Å². The summed E-state index contributed by atoms with van der Waals surface area (Å²) in [5.41, 5.74) is 0.617. The lowest BCUT2D eigenvalue weighted by Crippen LogP contribution is -2.49. The van der Waals surface area contributed by atoms with E-state index in [1.54, 1.807) is 20.8 Å². The first kappa shape index (κ1) is 34.5. The predicted molar refractivity (Wildman–Crippen MR) is 152 cm³/mol. The smallest absolute Gasteiger partial charge is 0.317 e. The van der Waals surface area contributed by atoms with E-state index in [4.69, 9.17) is 0 Å². The van der Waals surface area contributed by atoms with Crippen LogP contribution in [0.1, 0.15) is 10.5 Å². The molecular weight excluding hydrogens is 552 g/mol. The lowest BCUT2D eigenvalue weighted by molar-refractivity contribution is -0.140. The number of hydrogen-bond acceptors (Lipinski definition) is 11. The second-order valence-corrected chi connectivity index (χ2v) is 10.3. The third-order valence-corrected chi connectivity index (χ3v) is 6.50. The van der Waals surface area contributed by atoms with Crippen LogP contribution in [0.15, 0.2) is 18.3 Å². The maximum atomic E-state index is 12.9. The van der Waals surface area contributed by atoms with Gasteiger partial charge in [-0.15, -0.1) is 0 Å². The van der Waals surface area contributed by atoms with Crippen molar-refractivity contribution >= 4 is 35.4 Å². The van der Waals surface area contributed by atoms with Crippen molar-refractivity contribution in [3.8, 4) is 0 Å². The van der Waals surface area contributed by atoms with E-state index < -0.39 is 17.9 Å². The SMILES string of the molecule is CN(C)CCNC(=O)c1ccc(NC(=O)CN2CCN(CC(=O)O)CCN(CC(=O)O)CCN(CC(=O)O)CC2)cn1. The van der Waals surface area contributed by atoms with E-state index in [9.17, 15) is 39.3 Å². The number of rotatable bonds is 13. The molecule has 16 heteroatoms. The number of carbonyl (C=O) groups is 5. The zero-order valence-electron chi connectivity index (χ0n) is 24.2. The molecule has 42 heavy (non-hydrogen) atoms. The third-order valence-electron chi connectivity index (χ3n) is 6.50. The van der Waals surface area contributed by atoms with Gasteiger partial charge in [0, 0.05) is 65.4 Å². The minimum Gasteiger partial charge on any atom is -0.480 e. The number of carbonyl (C=O) groups excluding carboxylic acids is 2. The molecule has 0 spiro atoms. The van der Waals surface area contributed by atoms with Crippen LogP contribution in [0, 0.1) is 0 Å². The number of amides is 2. The summed E-state index contributed by atoms with van der Waals surface area (Å²) in [6, 6.07) is 3.09. The lowest BCUT2D eigenvalue weighted by atomic mass is 10.3. The molecule has 2 rings (SSSR count). The fourth-order valence-electron chi connectivity index (χ4n) is 4.27. The minimum atomic E-state index is -1.03. The molecule has 1 saturated heterocycles. The summed E-state index contributed by atoms with van der Waals surface area (Å²) >= 11 is 0. The number of nitrogens with one attached hydrogen (secondary N) is 2. The number of hydrogen-bond donors (Lipinski definition) is 5. The molecule has 1 aromatic heterocycles. The molecule has 0 aliphatic carbocycles. The molecule has 2 heterocycles. The van der Waals surface area contributed by atoms with Gasteiger partial charge in [0.15, 0.2) is 0 Å². The van der Waals surface area contributed by atoms with Gasteiger partial charge in [-0.1, -0.05) is 0 Å². The Morgan fingerprint density at radius 3 is 1.52 bits per heavy atom. The molecule has 2 amide bonds. The van der Waals surface area contributed by atoms with E-state index in [0.29, 0.717) is 58.0 Å². The number of pyridine rings is 1. The Kier molecular flexibility index (Phi) is 14.8. The van der Waals surface area contributed by atoms with E-state index >= 15 is 0 Å². The van der Waals surface area contributed by atoms with Gasteiger partial charge < -0.3 is 30.9 Å². The Balaban J connectivity index is 2.06. The van der Waals surface area contributed by atoms with Gasteiger partial charge in [-0.25, -0.2) is 4.98 Å². The fourth-order valence-corrected chi connectivity index (χ4v) is 4.27. The van der Waals surface area contributed by atoms with Crippen LogP contribution in [0.2, 0.25) is 0 Å². The molecule has 0 bridgehead atoms. The van der Waals surface area contributed by atoms with E-state index in [-0.39, 0.29) is 56.8 Å². The lowest BCUT2D eigenvalue weighted by Gasteiger charge is -2.32. The molecule has 234 valence electrons. The van der Waals surface area contributed by atoms with Crippen molar-refractivity contribution in [2.45, 2.75) is 0 Å². The van der Waals surface area contributed by atoms with Gasteiger partial charge in [-0.05, 0) is 26.2 Å². The number of likely N-dealkylation sites (N-methyl/N-ethyl adjacent to an activating group) is 1. The molecular formula is C26H42N8O8. The molecule has 0 atom stereocenters. The van der Waals surface area contributed by atoms with Crippen molar-refractivity contribution in [1.29, 1.82) is 0 Å². The highest BCUT2D eigenvalue weighted by molar-refractivity contribution is 5.94. The number of aromatic nitrogens is 1. The Bertz CT molecular complexity index is 1020. The molecule has 16 nitrogen and oxygen atoms in total. The van der Waals surface area contributed by atoms with Gasteiger partial charge in [0.2, 0.25) is 5.91 Å². The van der Waals surface area contributed by atoms with Gasteiger partial charge in [0.25, 0.3) is 5.91 Å². The number of carboxylic acids is 3. The zero-order chi connectivity index (χ0) is 31.1. The van der Waals surface area contributed by atoms with Crippen molar-refractivity contribution in [2.24, 2.45) is 0 Å². The maximum Gasteiger partial charge on any atom is 0.317 e. The quantitative estimate of drug-likeness (QED) is 0.165. The van der Waals surface area contributed by atoms with E-state index in [1.165, 1.54) is 12.3 Å². The molecule has 1 fully saturated rings. The standard InChI is InChI=1S/C26H42N8O8/c1-30(2)6-5-27-26(42)21-4-3-20(15-28-21)29-22(35)16-31-7-9-32(17-23(36)37)11-13-34(19-25(40)41)14-12-33(10-8-31)18-24(38)39/h3-4,15H,5-14,16-19H2,1-2H3,(H,27,42)(H,29,35)(H,36,37)(H,38,39)(H,40,41). The van der Waals surface area contributed by atoms with Crippen molar-refractivity contribution < 1.29 is 39.3 Å².